The Morgan fingerprint density at radius 3 is 2.07 bits per heavy atom. The standard InChI is InChI=1S/C37H21N3OS/c1-2-10-22(11-3-1)39-28-16-8-5-13-25(28)33-29(39)19-18-24-23-12-4-7-15-27(23)40(36(24)33)37-38-35-32(42-37)21-20-31-34(35)26-14-6-9-17-30(26)41-31/h1-21H. The van der Waals surface area contributed by atoms with Crippen molar-refractivity contribution in [3.05, 3.63) is 127 Å². The molecule has 10 aromatic rings. The van der Waals surface area contributed by atoms with Gasteiger partial charge in [0.15, 0.2) is 5.13 Å². The van der Waals surface area contributed by atoms with Crippen molar-refractivity contribution in [3.63, 3.8) is 0 Å². The molecule has 0 amide bonds. The second-order valence-corrected chi connectivity index (χ2v) is 11.8. The van der Waals surface area contributed by atoms with Crippen LogP contribution in [0.15, 0.2) is 132 Å². The number of hydrogen-bond donors (Lipinski definition) is 0. The van der Waals surface area contributed by atoms with E-state index in [2.05, 4.69) is 124 Å². The molecule has 42 heavy (non-hydrogen) atoms. The van der Waals surface area contributed by atoms with Crippen LogP contribution < -0.4 is 0 Å². The van der Waals surface area contributed by atoms with Crippen LogP contribution in [0.4, 0.5) is 0 Å². The largest absolute Gasteiger partial charge is 0.456 e. The van der Waals surface area contributed by atoms with Crippen molar-refractivity contribution in [1.82, 2.24) is 14.1 Å². The van der Waals surface area contributed by atoms with Crippen LogP contribution in [0.25, 0.3) is 86.6 Å². The van der Waals surface area contributed by atoms with Gasteiger partial charge in [-0.25, -0.2) is 4.98 Å². The summed E-state index contributed by atoms with van der Waals surface area (Å²) in [5, 5.41) is 8.06. The lowest BCUT2D eigenvalue weighted by atomic mass is 10.1. The number of fused-ring (bicyclic) bond motifs is 12. The van der Waals surface area contributed by atoms with Gasteiger partial charge >= 0.3 is 0 Å². The summed E-state index contributed by atoms with van der Waals surface area (Å²) in [6.45, 7) is 0. The summed E-state index contributed by atoms with van der Waals surface area (Å²) in [5.74, 6) is 0. The number of thiazole rings is 1. The third-order valence-corrected chi connectivity index (χ3v) is 9.57. The second kappa shape index (κ2) is 8.09. The average molecular weight is 556 g/mol. The van der Waals surface area contributed by atoms with Crippen LogP contribution in [0.1, 0.15) is 0 Å². The van der Waals surface area contributed by atoms with E-state index in [1.807, 2.05) is 12.1 Å². The highest BCUT2D eigenvalue weighted by atomic mass is 32.1. The minimum Gasteiger partial charge on any atom is -0.456 e. The van der Waals surface area contributed by atoms with Crippen LogP contribution in [0, 0.1) is 0 Å². The van der Waals surface area contributed by atoms with E-state index in [0.717, 1.165) is 48.5 Å². The zero-order chi connectivity index (χ0) is 27.4. The molecule has 0 N–H and O–H groups in total. The van der Waals surface area contributed by atoms with Crippen molar-refractivity contribution < 1.29 is 4.42 Å². The van der Waals surface area contributed by atoms with Crippen LogP contribution in [-0.2, 0) is 0 Å². The predicted octanol–water partition coefficient (Wildman–Crippen LogP) is 10.4. The number of aromatic nitrogens is 3. The molecule has 0 spiro atoms. The molecule has 0 unspecified atom stereocenters. The molecule has 0 aliphatic heterocycles. The molecule has 196 valence electrons. The number of furan rings is 1. The van der Waals surface area contributed by atoms with E-state index in [-0.39, 0.29) is 0 Å². The van der Waals surface area contributed by atoms with Gasteiger partial charge in [0.05, 0.1) is 37.7 Å². The quantitative estimate of drug-likeness (QED) is 0.213. The zero-order valence-corrected chi connectivity index (χ0v) is 23.1. The van der Waals surface area contributed by atoms with Crippen molar-refractivity contribution in [2.24, 2.45) is 0 Å². The molecule has 0 radical (unpaired) electrons. The first-order valence-corrected chi connectivity index (χ1v) is 14.9. The molecule has 4 nitrogen and oxygen atoms in total. The minimum absolute atomic E-state index is 0.871. The number of hydrogen-bond acceptors (Lipinski definition) is 3. The second-order valence-electron chi connectivity index (χ2n) is 10.8. The molecule has 5 heteroatoms. The molecule has 0 aliphatic carbocycles. The Hall–Kier alpha value is -5.39. The molecule has 6 aromatic carbocycles. The third kappa shape index (κ3) is 2.83. The Kier molecular flexibility index (Phi) is 4.30. The molecule has 0 bridgehead atoms. The summed E-state index contributed by atoms with van der Waals surface area (Å²) >= 11 is 1.73. The van der Waals surface area contributed by atoms with Crippen LogP contribution in [0.5, 0.6) is 0 Å². The monoisotopic (exact) mass is 555 g/mol. The first-order valence-electron chi connectivity index (χ1n) is 14.1. The van der Waals surface area contributed by atoms with Crippen LogP contribution >= 0.6 is 11.3 Å². The van der Waals surface area contributed by atoms with E-state index in [1.165, 1.54) is 38.1 Å². The number of nitrogens with zero attached hydrogens (tertiary/aromatic N) is 3. The van der Waals surface area contributed by atoms with Crippen molar-refractivity contribution in [2.75, 3.05) is 0 Å². The van der Waals surface area contributed by atoms with Crippen molar-refractivity contribution in [3.8, 4) is 10.8 Å². The first-order chi connectivity index (χ1) is 20.8. The molecular weight excluding hydrogens is 534 g/mol. The highest BCUT2D eigenvalue weighted by Crippen LogP contribution is 2.44. The number of para-hydroxylation sites is 4. The van der Waals surface area contributed by atoms with Gasteiger partial charge in [-0.1, -0.05) is 90.2 Å². The summed E-state index contributed by atoms with van der Waals surface area (Å²) in [5.41, 5.74) is 8.62. The highest BCUT2D eigenvalue weighted by molar-refractivity contribution is 7.21. The van der Waals surface area contributed by atoms with Crippen molar-refractivity contribution >= 4 is 87.1 Å². The van der Waals surface area contributed by atoms with Crippen LogP contribution in [-0.4, -0.2) is 14.1 Å². The van der Waals surface area contributed by atoms with Gasteiger partial charge in [0.1, 0.15) is 11.2 Å². The first kappa shape index (κ1) is 22.3. The van der Waals surface area contributed by atoms with Crippen molar-refractivity contribution in [1.29, 1.82) is 0 Å². The maximum absolute atomic E-state index is 6.21. The molecule has 0 fully saturated rings. The van der Waals surface area contributed by atoms with Gasteiger partial charge in [-0.15, -0.1) is 0 Å². The van der Waals surface area contributed by atoms with Crippen LogP contribution in [0.2, 0.25) is 0 Å². The average Bonchev–Trinajstić information content (AvgIpc) is 3.79. The summed E-state index contributed by atoms with van der Waals surface area (Å²) in [7, 11) is 0. The highest BCUT2D eigenvalue weighted by Gasteiger charge is 2.23. The van der Waals surface area contributed by atoms with Gasteiger partial charge < -0.3 is 8.98 Å². The fraction of sp³-hybridized carbons (Fsp3) is 0. The van der Waals surface area contributed by atoms with E-state index in [9.17, 15) is 0 Å². The lowest BCUT2D eigenvalue weighted by Gasteiger charge is -2.08. The van der Waals surface area contributed by atoms with Gasteiger partial charge in [-0.2, -0.15) is 0 Å². The smallest absolute Gasteiger partial charge is 0.195 e. The van der Waals surface area contributed by atoms with Gasteiger partial charge in [0.25, 0.3) is 0 Å². The fourth-order valence-electron chi connectivity index (χ4n) is 6.85. The fourth-order valence-corrected chi connectivity index (χ4v) is 7.84. The molecule has 4 aromatic heterocycles. The summed E-state index contributed by atoms with van der Waals surface area (Å²) in [4.78, 5) is 5.37. The minimum atomic E-state index is 0.871. The topological polar surface area (TPSA) is 35.9 Å². The van der Waals surface area contributed by atoms with E-state index in [4.69, 9.17) is 9.40 Å². The van der Waals surface area contributed by atoms with E-state index in [1.54, 1.807) is 11.3 Å². The van der Waals surface area contributed by atoms with Crippen molar-refractivity contribution in [2.45, 2.75) is 0 Å². The molecule has 0 saturated heterocycles. The molecule has 10 rings (SSSR count). The van der Waals surface area contributed by atoms with E-state index in [0.29, 0.717) is 0 Å². The summed E-state index contributed by atoms with van der Waals surface area (Å²) < 4.78 is 12.1. The Labute approximate surface area is 243 Å². The molecule has 4 heterocycles. The summed E-state index contributed by atoms with van der Waals surface area (Å²) in [6.07, 6.45) is 0. The number of benzene rings is 6. The molecule has 0 saturated carbocycles. The van der Waals surface area contributed by atoms with Gasteiger partial charge in [-0.3, -0.25) is 4.57 Å². The van der Waals surface area contributed by atoms with Gasteiger partial charge in [0.2, 0.25) is 0 Å². The van der Waals surface area contributed by atoms with E-state index < -0.39 is 0 Å². The maximum Gasteiger partial charge on any atom is 0.195 e. The normalized spacial score (nSPS) is 12.3. The van der Waals surface area contributed by atoms with Gasteiger partial charge in [-0.05, 0) is 48.5 Å². The molecule has 0 atom stereocenters. The summed E-state index contributed by atoms with van der Waals surface area (Å²) in [6, 6.07) is 45.1. The Morgan fingerprint density at radius 2 is 1.21 bits per heavy atom. The molecule has 0 aliphatic rings. The lowest BCUT2D eigenvalue weighted by molar-refractivity contribution is 0.669. The van der Waals surface area contributed by atoms with Crippen LogP contribution in [0.3, 0.4) is 0 Å². The van der Waals surface area contributed by atoms with Gasteiger partial charge in [0, 0.05) is 32.6 Å². The Morgan fingerprint density at radius 1 is 0.500 bits per heavy atom. The van der Waals surface area contributed by atoms with E-state index >= 15 is 0 Å². The Bertz CT molecular complexity index is 2690. The number of rotatable bonds is 2. The predicted molar refractivity (Wildman–Crippen MR) is 176 cm³/mol. The third-order valence-electron chi connectivity index (χ3n) is 8.56. The SMILES string of the molecule is c1ccc(-n2c3ccccc3c3c2ccc2c4ccccc4n(-c4nc5c(ccc6oc7ccccc7c65)s4)c23)cc1. The molecular formula is C37H21N3OS. The lowest BCUT2D eigenvalue weighted by Crippen LogP contribution is -1.94. The zero-order valence-electron chi connectivity index (χ0n) is 22.3. The maximum atomic E-state index is 6.21. The Balaban J connectivity index is 1.39.